The number of phenols is 1. The maximum atomic E-state index is 14.1. The molecule has 3 aliphatic carbocycles. The predicted octanol–water partition coefficient (Wildman–Crippen LogP) is 5.40. The molecule has 6 atom stereocenters. The number of benzene rings is 2. The van der Waals surface area contributed by atoms with E-state index in [-0.39, 0.29) is 46.4 Å². The minimum atomic E-state index is -1.14. The molecule has 1 saturated heterocycles. The summed E-state index contributed by atoms with van der Waals surface area (Å²) in [6, 6.07) is 12.7. The highest BCUT2D eigenvalue weighted by Crippen LogP contribution is 2.63. The average Bonchev–Trinajstić information content (AvgIpc) is 3.21. The molecule has 2 aromatic carbocycles. The Hall–Kier alpha value is -3.71. The van der Waals surface area contributed by atoms with Crippen LogP contribution in [0.15, 0.2) is 65.3 Å². The van der Waals surface area contributed by atoms with Crippen LogP contribution in [0.1, 0.15) is 50.7 Å². The summed E-state index contributed by atoms with van der Waals surface area (Å²) in [6.07, 6.45) is 2.67. The number of fused-ring (bicyclic) bond motifs is 4. The molecule has 2 amide bonds. The number of carbonyl (C=O) groups excluding carboxylic acids is 4. The topological polar surface area (TPSA) is 101 Å². The van der Waals surface area contributed by atoms with Gasteiger partial charge in [-0.05, 0) is 67.0 Å². The SMILES string of the molecule is COc1cc([C@H]2C3=CC[C@@H]4C(=O)N(Cc5ccccc5)C(=O)[C@@H]4[C@@H]3C[C@H]3C(=O)C(C)=C(C)C(=O)[C@@]23C)cc(Cl)c1O. The Labute approximate surface area is 243 Å². The molecule has 8 heteroatoms. The zero-order valence-electron chi connectivity index (χ0n) is 23.4. The number of ketones is 2. The minimum Gasteiger partial charge on any atom is -0.503 e. The number of rotatable bonds is 4. The normalized spacial score (nSPS) is 31.1. The summed E-state index contributed by atoms with van der Waals surface area (Å²) in [5.74, 6) is -3.55. The van der Waals surface area contributed by atoms with Crippen molar-refractivity contribution in [2.24, 2.45) is 29.1 Å². The van der Waals surface area contributed by atoms with Crippen molar-refractivity contribution in [1.82, 2.24) is 4.90 Å². The van der Waals surface area contributed by atoms with Crippen LogP contribution in [0.25, 0.3) is 0 Å². The summed E-state index contributed by atoms with van der Waals surface area (Å²) in [7, 11) is 1.42. The molecule has 6 rings (SSSR count). The van der Waals surface area contributed by atoms with E-state index in [1.807, 2.05) is 43.3 Å². The van der Waals surface area contributed by atoms with Gasteiger partial charge in [-0.25, -0.2) is 0 Å². The maximum absolute atomic E-state index is 14.1. The predicted molar refractivity (Wildman–Crippen MR) is 152 cm³/mol. The van der Waals surface area contributed by atoms with Crippen LogP contribution in [0, 0.1) is 29.1 Å². The van der Waals surface area contributed by atoms with Gasteiger partial charge < -0.3 is 9.84 Å². The lowest BCUT2D eigenvalue weighted by Crippen LogP contribution is -2.55. The number of allylic oxidation sites excluding steroid dienone is 4. The molecule has 7 nitrogen and oxygen atoms in total. The highest BCUT2D eigenvalue weighted by atomic mass is 35.5. The van der Waals surface area contributed by atoms with Crippen LogP contribution in [0.2, 0.25) is 5.02 Å². The summed E-state index contributed by atoms with van der Waals surface area (Å²) in [5, 5.41) is 10.5. The fraction of sp³-hybridized carbons (Fsp3) is 0.394. The van der Waals surface area contributed by atoms with E-state index in [4.69, 9.17) is 16.3 Å². The summed E-state index contributed by atoms with van der Waals surface area (Å²) in [6.45, 7) is 5.40. The van der Waals surface area contributed by atoms with Crippen molar-refractivity contribution in [3.8, 4) is 11.5 Å². The number of nitrogens with zero attached hydrogens (tertiary/aromatic N) is 1. The number of likely N-dealkylation sites (tertiary alicyclic amines) is 1. The Balaban J connectivity index is 1.50. The van der Waals surface area contributed by atoms with Crippen LogP contribution < -0.4 is 4.74 Å². The zero-order chi connectivity index (χ0) is 29.4. The van der Waals surface area contributed by atoms with Crippen molar-refractivity contribution in [3.63, 3.8) is 0 Å². The van der Waals surface area contributed by atoms with Crippen LogP contribution >= 0.6 is 11.6 Å². The number of hydrogen-bond donors (Lipinski definition) is 1. The van der Waals surface area contributed by atoms with E-state index in [1.54, 1.807) is 26.0 Å². The summed E-state index contributed by atoms with van der Waals surface area (Å²) in [5.41, 5.74) is 2.09. The monoisotopic (exact) mass is 573 g/mol. The standard InChI is InChI=1S/C33H32ClNO6/c1-16-17(2)30(38)33(3)23(28(16)36)14-22-20(27(33)19-12-24(34)29(37)25(13-19)41-4)10-11-21-26(22)32(40)35(31(21)39)15-18-8-6-5-7-9-18/h5-10,12-13,21-23,26-27,37H,11,14-15H2,1-4H3/t21-,22+,23-,26-,27-,33+/m0/s1. The van der Waals surface area contributed by atoms with Gasteiger partial charge >= 0.3 is 0 Å². The molecule has 1 aliphatic heterocycles. The van der Waals surface area contributed by atoms with Gasteiger partial charge in [0.2, 0.25) is 11.8 Å². The summed E-state index contributed by atoms with van der Waals surface area (Å²) < 4.78 is 5.40. The number of carbonyl (C=O) groups is 4. The van der Waals surface area contributed by atoms with E-state index in [0.29, 0.717) is 29.6 Å². The highest BCUT2D eigenvalue weighted by Gasteiger charge is 2.64. The van der Waals surface area contributed by atoms with Gasteiger partial charge in [-0.15, -0.1) is 0 Å². The van der Waals surface area contributed by atoms with Gasteiger partial charge in [0.15, 0.2) is 23.1 Å². The van der Waals surface area contributed by atoms with Crippen LogP contribution in [-0.2, 0) is 25.7 Å². The third kappa shape index (κ3) is 3.85. The Kier molecular flexibility index (Phi) is 6.49. The van der Waals surface area contributed by atoms with E-state index in [9.17, 15) is 24.3 Å². The van der Waals surface area contributed by atoms with Crippen LogP contribution in [0.5, 0.6) is 11.5 Å². The van der Waals surface area contributed by atoms with Crippen molar-refractivity contribution >= 4 is 35.0 Å². The van der Waals surface area contributed by atoms with Crippen molar-refractivity contribution in [3.05, 3.63) is 81.4 Å². The van der Waals surface area contributed by atoms with Crippen molar-refractivity contribution < 1.29 is 29.0 Å². The third-order valence-electron chi connectivity index (χ3n) is 10.0. The molecule has 0 unspecified atom stereocenters. The molecular formula is C33H32ClNO6. The number of aromatic hydroxyl groups is 1. The second-order valence-electron chi connectivity index (χ2n) is 11.9. The molecular weight excluding hydrogens is 542 g/mol. The van der Waals surface area contributed by atoms with Gasteiger partial charge in [-0.2, -0.15) is 0 Å². The van der Waals surface area contributed by atoms with Crippen LogP contribution in [0.3, 0.4) is 0 Å². The molecule has 2 fully saturated rings. The fourth-order valence-corrected chi connectivity index (χ4v) is 8.08. The highest BCUT2D eigenvalue weighted by molar-refractivity contribution is 6.32. The van der Waals surface area contributed by atoms with Crippen LogP contribution in [-0.4, -0.2) is 40.5 Å². The number of methoxy groups -OCH3 is 1. The number of imide groups is 1. The van der Waals surface area contributed by atoms with Crippen LogP contribution in [0.4, 0.5) is 0 Å². The Bertz CT molecular complexity index is 1580. The second kappa shape index (κ2) is 9.69. The lowest BCUT2D eigenvalue weighted by Gasteiger charge is -2.54. The van der Waals surface area contributed by atoms with E-state index < -0.39 is 35.0 Å². The van der Waals surface area contributed by atoms with E-state index >= 15 is 0 Å². The van der Waals surface area contributed by atoms with E-state index in [1.165, 1.54) is 12.0 Å². The molecule has 41 heavy (non-hydrogen) atoms. The Morgan fingerprint density at radius 2 is 1.73 bits per heavy atom. The minimum absolute atomic E-state index is 0.0649. The third-order valence-corrected chi connectivity index (χ3v) is 10.3. The second-order valence-corrected chi connectivity index (χ2v) is 12.3. The molecule has 4 aliphatic rings. The zero-order valence-corrected chi connectivity index (χ0v) is 24.2. The summed E-state index contributed by atoms with van der Waals surface area (Å²) in [4.78, 5) is 56.9. The van der Waals surface area contributed by atoms with Crippen molar-refractivity contribution in [2.75, 3.05) is 7.11 Å². The Morgan fingerprint density at radius 3 is 2.41 bits per heavy atom. The quantitative estimate of drug-likeness (QED) is 0.388. The molecule has 2 aromatic rings. The Morgan fingerprint density at radius 1 is 1.02 bits per heavy atom. The number of amides is 2. The van der Waals surface area contributed by atoms with Gasteiger partial charge in [0, 0.05) is 11.8 Å². The fourth-order valence-electron chi connectivity index (χ4n) is 7.86. The lowest BCUT2D eigenvalue weighted by molar-refractivity contribution is -0.143. The molecule has 0 bridgehead atoms. The van der Waals surface area contributed by atoms with Gasteiger partial charge in [0.25, 0.3) is 0 Å². The maximum Gasteiger partial charge on any atom is 0.234 e. The number of ether oxygens (including phenoxy) is 1. The molecule has 212 valence electrons. The first-order valence-electron chi connectivity index (χ1n) is 13.9. The number of phenolic OH excluding ortho intramolecular Hbond substituents is 1. The molecule has 0 spiro atoms. The van der Waals surface area contributed by atoms with Crippen molar-refractivity contribution in [2.45, 2.75) is 46.1 Å². The van der Waals surface area contributed by atoms with E-state index in [0.717, 1.165) is 11.1 Å². The molecule has 1 N–H and O–H groups in total. The average molecular weight is 574 g/mol. The summed E-state index contributed by atoms with van der Waals surface area (Å²) >= 11 is 6.44. The van der Waals surface area contributed by atoms with Gasteiger partial charge in [0.05, 0.1) is 35.9 Å². The number of halogens is 1. The van der Waals surface area contributed by atoms with Gasteiger partial charge in [0.1, 0.15) is 0 Å². The first kappa shape index (κ1) is 27.5. The smallest absolute Gasteiger partial charge is 0.234 e. The molecule has 1 heterocycles. The molecule has 1 saturated carbocycles. The lowest BCUT2D eigenvalue weighted by atomic mass is 9.46. The van der Waals surface area contributed by atoms with Gasteiger partial charge in [-0.1, -0.05) is 60.5 Å². The van der Waals surface area contributed by atoms with E-state index in [2.05, 4.69) is 0 Å². The van der Waals surface area contributed by atoms with Gasteiger partial charge in [-0.3, -0.25) is 24.1 Å². The molecule has 0 radical (unpaired) electrons. The number of hydrogen-bond acceptors (Lipinski definition) is 6. The first-order valence-corrected chi connectivity index (χ1v) is 14.3. The largest absolute Gasteiger partial charge is 0.503 e. The first-order chi connectivity index (χ1) is 19.5. The van der Waals surface area contributed by atoms with Crippen molar-refractivity contribution in [1.29, 1.82) is 0 Å². The molecule has 0 aromatic heterocycles. The number of Topliss-reactive ketones (excluding diaryl/α,β-unsaturated/α-hetero) is 2.